The highest BCUT2D eigenvalue weighted by Gasteiger charge is 2.24. The molecule has 6 heteroatoms. The summed E-state index contributed by atoms with van der Waals surface area (Å²) >= 11 is 0. The average molecular weight is 239 g/mol. The van der Waals surface area contributed by atoms with Gasteiger partial charge in [0.05, 0.1) is 12.4 Å². The van der Waals surface area contributed by atoms with Gasteiger partial charge in [0.1, 0.15) is 5.82 Å². The van der Waals surface area contributed by atoms with Crippen LogP contribution in [0.1, 0.15) is 27.2 Å². The molecule has 96 valence electrons. The molecule has 0 aliphatic carbocycles. The van der Waals surface area contributed by atoms with Gasteiger partial charge in [0.15, 0.2) is 5.82 Å². The molecule has 5 N–H and O–H groups in total. The van der Waals surface area contributed by atoms with Crippen molar-refractivity contribution in [1.82, 2.24) is 9.97 Å². The van der Waals surface area contributed by atoms with Crippen molar-refractivity contribution in [2.75, 3.05) is 17.3 Å². The van der Waals surface area contributed by atoms with Crippen LogP contribution in [0.3, 0.4) is 0 Å². The molecular formula is C11H21N5O. The summed E-state index contributed by atoms with van der Waals surface area (Å²) in [6.45, 7) is 6.47. The molecule has 0 fully saturated rings. The van der Waals surface area contributed by atoms with E-state index in [-0.39, 0.29) is 18.1 Å². The lowest BCUT2D eigenvalue weighted by atomic mass is 9.85. The second-order valence-electron chi connectivity index (χ2n) is 5.01. The topological polar surface area (TPSA) is 96.1 Å². The van der Waals surface area contributed by atoms with Crippen molar-refractivity contribution in [1.29, 1.82) is 0 Å². The molecule has 1 aromatic heterocycles. The van der Waals surface area contributed by atoms with Gasteiger partial charge in [-0.15, -0.1) is 0 Å². The minimum atomic E-state index is 0.0244. The molecule has 0 amide bonds. The molecule has 6 nitrogen and oxygen atoms in total. The zero-order chi connectivity index (χ0) is 12.9. The van der Waals surface area contributed by atoms with Crippen LogP contribution in [-0.2, 0) is 0 Å². The molecule has 1 aromatic rings. The van der Waals surface area contributed by atoms with Crippen LogP contribution in [0.2, 0.25) is 0 Å². The first-order valence-corrected chi connectivity index (χ1v) is 5.63. The van der Waals surface area contributed by atoms with Crippen molar-refractivity contribution in [2.45, 2.75) is 33.2 Å². The fourth-order valence-electron chi connectivity index (χ4n) is 1.53. The lowest BCUT2D eigenvalue weighted by Crippen LogP contribution is -2.35. The van der Waals surface area contributed by atoms with Gasteiger partial charge < -0.3 is 15.8 Å². The van der Waals surface area contributed by atoms with Crippen LogP contribution < -0.4 is 16.6 Å². The number of anilines is 2. The van der Waals surface area contributed by atoms with E-state index in [4.69, 9.17) is 10.9 Å². The number of nitrogen functional groups attached to an aromatic ring is 1. The van der Waals surface area contributed by atoms with Gasteiger partial charge in [-0.3, -0.25) is 4.98 Å². The Hall–Kier alpha value is -1.40. The maximum atomic E-state index is 9.07. The zero-order valence-electron chi connectivity index (χ0n) is 10.6. The van der Waals surface area contributed by atoms with Crippen LogP contribution in [0.5, 0.6) is 0 Å². The number of hydrogen-bond donors (Lipinski definition) is 4. The molecule has 0 saturated heterocycles. The number of rotatable bonds is 5. The number of hydrogen-bond acceptors (Lipinski definition) is 6. The molecular weight excluding hydrogens is 218 g/mol. The van der Waals surface area contributed by atoms with Gasteiger partial charge >= 0.3 is 0 Å². The Labute approximate surface area is 102 Å². The van der Waals surface area contributed by atoms with Crippen LogP contribution in [0, 0.1) is 5.41 Å². The minimum Gasteiger partial charge on any atom is -0.396 e. The van der Waals surface area contributed by atoms with E-state index in [1.807, 2.05) is 0 Å². The van der Waals surface area contributed by atoms with E-state index in [1.165, 1.54) is 0 Å². The second kappa shape index (κ2) is 5.79. The summed E-state index contributed by atoms with van der Waals surface area (Å²) in [6, 6.07) is 0.120. The van der Waals surface area contributed by atoms with Gasteiger partial charge in [-0.1, -0.05) is 20.8 Å². The molecule has 0 spiro atoms. The molecule has 0 aliphatic heterocycles. The largest absolute Gasteiger partial charge is 0.396 e. The van der Waals surface area contributed by atoms with E-state index in [0.717, 1.165) is 0 Å². The van der Waals surface area contributed by atoms with Crippen LogP contribution in [0.4, 0.5) is 11.6 Å². The number of aromatic nitrogens is 2. The van der Waals surface area contributed by atoms with Crippen molar-refractivity contribution < 1.29 is 5.11 Å². The number of aliphatic hydroxyl groups excluding tert-OH is 1. The van der Waals surface area contributed by atoms with Crippen LogP contribution in [0.25, 0.3) is 0 Å². The van der Waals surface area contributed by atoms with Crippen molar-refractivity contribution >= 4 is 11.6 Å². The van der Waals surface area contributed by atoms with Crippen molar-refractivity contribution in [3.8, 4) is 0 Å². The highest BCUT2D eigenvalue weighted by atomic mass is 16.3. The SMILES string of the molecule is CC(C)(C)C(CCO)Nc1cncc(NN)n1. The smallest absolute Gasteiger partial charge is 0.160 e. The standard InChI is InChI=1S/C11H21N5O/c1-11(2,3)8(4-5-17)14-9-6-13-7-10(15-9)16-12/h6-8,17H,4-5,12H2,1-3H3,(H2,14,15,16). The summed E-state index contributed by atoms with van der Waals surface area (Å²) in [5.41, 5.74) is 2.47. The quantitative estimate of drug-likeness (QED) is 0.452. The van der Waals surface area contributed by atoms with E-state index >= 15 is 0 Å². The molecule has 1 heterocycles. The normalized spacial score (nSPS) is 13.2. The lowest BCUT2D eigenvalue weighted by molar-refractivity contribution is 0.235. The highest BCUT2D eigenvalue weighted by Crippen LogP contribution is 2.24. The highest BCUT2D eigenvalue weighted by molar-refractivity contribution is 5.41. The van der Waals surface area contributed by atoms with Crippen LogP contribution >= 0.6 is 0 Å². The lowest BCUT2D eigenvalue weighted by Gasteiger charge is -2.31. The van der Waals surface area contributed by atoms with E-state index < -0.39 is 0 Å². The molecule has 0 saturated carbocycles. The third-order valence-electron chi connectivity index (χ3n) is 2.57. The van der Waals surface area contributed by atoms with Crippen LogP contribution in [-0.4, -0.2) is 27.7 Å². The first kappa shape index (κ1) is 13.7. The molecule has 0 radical (unpaired) electrons. The Balaban J connectivity index is 2.78. The van der Waals surface area contributed by atoms with Crippen molar-refractivity contribution in [3.05, 3.63) is 12.4 Å². The van der Waals surface area contributed by atoms with Gasteiger partial charge in [0.25, 0.3) is 0 Å². The molecule has 1 unspecified atom stereocenters. The van der Waals surface area contributed by atoms with Gasteiger partial charge in [-0.25, -0.2) is 10.8 Å². The number of nitrogens with two attached hydrogens (primary N) is 1. The Kier molecular flexibility index (Phi) is 4.65. The van der Waals surface area contributed by atoms with Crippen molar-refractivity contribution in [3.63, 3.8) is 0 Å². The van der Waals surface area contributed by atoms with E-state index in [1.54, 1.807) is 12.4 Å². The number of nitrogens with zero attached hydrogens (tertiary/aromatic N) is 2. The summed E-state index contributed by atoms with van der Waals surface area (Å²) < 4.78 is 0. The summed E-state index contributed by atoms with van der Waals surface area (Å²) in [5.74, 6) is 6.43. The van der Waals surface area contributed by atoms with Gasteiger partial charge in [-0.05, 0) is 11.8 Å². The summed E-state index contributed by atoms with van der Waals surface area (Å²) in [5, 5.41) is 12.3. The minimum absolute atomic E-state index is 0.0244. The predicted molar refractivity (Wildman–Crippen MR) is 68.4 cm³/mol. The first-order chi connectivity index (χ1) is 7.97. The zero-order valence-corrected chi connectivity index (χ0v) is 10.6. The van der Waals surface area contributed by atoms with Crippen molar-refractivity contribution in [2.24, 2.45) is 11.3 Å². The third-order valence-corrected chi connectivity index (χ3v) is 2.57. The Morgan fingerprint density at radius 1 is 1.35 bits per heavy atom. The molecule has 17 heavy (non-hydrogen) atoms. The summed E-state index contributed by atoms with van der Waals surface area (Å²) in [6.07, 6.45) is 3.84. The van der Waals surface area contributed by atoms with Gasteiger partial charge in [0, 0.05) is 12.6 Å². The predicted octanol–water partition coefficient (Wildman–Crippen LogP) is 0.971. The van der Waals surface area contributed by atoms with Crippen LogP contribution in [0.15, 0.2) is 12.4 Å². The molecule has 1 rings (SSSR count). The summed E-state index contributed by atoms with van der Waals surface area (Å²) in [4.78, 5) is 8.26. The Morgan fingerprint density at radius 2 is 2.00 bits per heavy atom. The second-order valence-corrected chi connectivity index (χ2v) is 5.01. The molecule has 0 aromatic carbocycles. The van der Waals surface area contributed by atoms with Gasteiger partial charge in [0.2, 0.25) is 0 Å². The number of aliphatic hydroxyl groups is 1. The van der Waals surface area contributed by atoms with E-state index in [2.05, 4.69) is 41.5 Å². The fourth-order valence-corrected chi connectivity index (χ4v) is 1.53. The number of hydrazine groups is 1. The molecule has 0 aliphatic rings. The van der Waals surface area contributed by atoms with E-state index in [0.29, 0.717) is 18.1 Å². The van der Waals surface area contributed by atoms with E-state index in [9.17, 15) is 0 Å². The Morgan fingerprint density at radius 3 is 2.53 bits per heavy atom. The monoisotopic (exact) mass is 239 g/mol. The average Bonchev–Trinajstić information content (AvgIpc) is 2.27. The maximum Gasteiger partial charge on any atom is 0.160 e. The molecule has 1 atom stereocenters. The first-order valence-electron chi connectivity index (χ1n) is 5.63. The fraction of sp³-hybridized carbons (Fsp3) is 0.636. The third kappa shape index (κ3) is 4.16. The Bertz CT molecular complexity index is 350. The summed E-state index contributed by atoms with van der Waals surface area (Å²) in [7, 11) is 0. The number of nitrogens with one attached hydrogen (secondary N) is 2. The van der Waals surface area contributed by atoms with Gasteiger partial charge in [-0.2, -0.15) is 0 Å². The maximum absolute atomic E-state index is 9.07. The molecule has 0 bridgehead atoms.